The maximum Gasteiger partial charge on any atom is 0.242 e. The van der Waals surface area contributed by atoms with E-state index in [9.17, 15) is 13.2 Å². The maximum atomic E-state index is 12.3. The number of benzene rings is 1. The molecule has 1 amide bonds. The molecule has 0 bridgehead atoms. The van der Waals surface area contributed by atoms with E-state index in [1.165, 1.54) is 0 Å². The summed E-state index contributed by atoms with van der Waals surface area (Å²) in [6.45, 7) is 1.90. The molecule has 0 N–H and O–H groups in total. The lowest BCUT2D eigenvalue weighted by Gasteiger charge is -2.22. The van der Waals surface area contributed by atoms with Gasteiger partial charge in [0.15, 0.2) is 9.84 Å². The number of nitrogens with zero attached hydrogens (tertiary/aromatic N) is 2. The Morgan fingerprint density at radius 3 is 2.85 bits per heavy atom. The average molecular weight is 292 g/mol. The van der Waals surface area contributed by atoms with Gasteiger partial charge in [-0.15, -0.1) is 0 Å². The second-order valence-electron chi connectivity index (χ2n) is 4.95. The van der Waals surface area contributed by atoms with Gasteiger partial charge in [-0.1, -0.05) is 18.2 Å². The second-order valence-corrected chi connectivity index (χ2v) is 7.13. The van der Waals surface area contributed by atoms with Gasteiger partial charge >= 0.3 is 0 Å². The predicted octanol–water partition coefficient (Wildman–Crippen LogP) is 1.29. The Bertz CT molecular complexity index is 661. The van der Waals surface area contributed by atoms with Gasteiger partial charge in [-0.05, 0) is 25.0 Å². The lowest BCUT2D eigenvalue weighted by Crippen LogP contribution is -2.40. The van der Waals surface area contributed by atoms with Crippen LogP contribution in [0, 0.1) is 11.3 Å². The van der Waals surface area contributed by atoms with E-state index in [-0.39, 0.29) is 18.2 Å². The van der Waals surface area contributed by atoms with Crippen molar-refractivity contribution in [3.05, 3.63) is 29.8 Å². The fourth-order valence-electron chi connectivity index (χ4n) is 2.48. The van der Waals surface area contributed by atoms with Crippen molar-refractivity contribution in [1.82, 2.24) is 0 Å². The van der Waals surface area contributed by atoms with E-state index in [2.05, 4.69) is 0 Å². The molecule has 0 fully saturated rings. The van der Waals surface area contributed by atoms with Crippen LogP contribution in [-0.2, 0) is 21.1 Å². The van der Waals surface area contributed by atoms with Gasteiger partial charge < -0.3 is 4.90 Å². The molecule has 2 rings (SSSR count). The minimum Gasteiger partial charge on any atom is -0.308 e. The summed E-state index contributed by atoms with van der Waals surface area (Å²) in [6, 6.07) is 9.27. The first-order valence-electron chi connectivity index (χ1n) is 6.42. The normalized spacial score (nSPS) is 17.6. The molecule has 0 saturated heterocycles. The van der Waals surface area contributed by atoms with Gasteiger partial charge in [0.05, 0.1) is 11.8 Å². The summed E-state index contributed by atoms with van der Waals surface area (Å²) in [6.07, 6.45) is 0.655. The van der Waals surface area contributed by atoms with Crippen LogP contribution in [0.5, 0.6) is 0 Å². The molecule has 1 unspecified atom stereocenters. The van der Waals surface area contributed by atoms with Crippen molar-refractivity contribution < 1.29 is 13.2 Å². The van der Waals surface area contributed by atoms with E-state index in [1.807, 2.05) is 31.2 Å². The monoisotopic (exact) mass is 292 g/mol. The number of carbonyl (C=O) groups excluding carboxylic acids is 1. The first kappa shape index (κ1) is 14.5. The number of carbonyl (C=O) groups is 1. The van der Waals surface area contributed by atoms with E-state index in [0.29, 0.717) is 0 Å². The topological polar surface area (TPSA) is 78.2 Å². The number of rotatable bonds is 4. The van der Waals surface area contributed by atoms with E-state index < -0.39 is 21.5 Å². The van der Waals surface area contributed by atoms with E-state index in [1.54, 1.807) is 11.0 Å². The van der Waals surface area contributed by atoms with Gasteiger partial charge in [-0.25, -0.2) is 8.42 Å². The zero-order valence-electron chi connectivity index (χ0n) is 11.2. The van der Waals surface area contributed by atoms with Crippen LogP contribution < -0.4 is 4.90 Å². The zero-order chi connectivity index (χ0) is 14.8. The number of nitriles is 1. The molecular formula is C14H16N2O3S. The van der Waals surface area contributed by atoms with Gasteiger partial charge in [0.25, 0.3) is 0 Å². The van der Waals surface area contributed by atoms with E-state index >= 15 is 0 Å². The van der Waals surface area contributed by atoms with Gasteiger partial charge in [0, 0.05) is 18.2 Å². The smallest absolute Gasteiger partial charge is 0.242 e. The highest BCUT2D eigenvalue weighted by molar-refractivity contribution is 7.92. The van der Waals surface area contributed by atoms with Crippen molar-refractivity contribution in [2.45, 2.75) is 25.8 Å². The molecular weight excluding hydrogens is 276 g/mol. The minimum absolute atomic E-state index is 0.0360. The third-order valence-corrected chi connectivity index (χ3v) is 4.86. The molecule has 106 valence electrons. The van der Waals surface area contributed by atoms with Crippen LogP contribution >= 0.6 is 0 Å². The quantitative estimate of drug-likeness (QED) is 0.837. The number of fused-ring (bicyclic) bond motifs is 1. The van der Waals surface area contributed by atoms with Crippen molar-refractivity contribution in [3.8, 4) is 6.07 Å². The summed E-state index contributed by atoms with van der Waals surface area (Å²) >= 11 is 0. The summed E-state index contributed by atoms with van der Waals surface area (Å²) in [5, 5.41) is 8.44. The lowest BCUT2D eigenvalue weighted by molar-refractivity contribution is -0.116. The summed E-state index contributed by atoms with van der Waals surface area (Å²) in [5.41, 5.74) is 1.85. The van der Waals surface area contributed by atoms with Crippen LogP contribution in [0.1, 0.15) is 18.9 Å². The Morgan fingerprint density at radius 2 is 2.15 bits per heavy atom. The van der Waals surface area contributed by atoms with Gasteiger partial charge in [-0.2, -0.15) is 5.26 Å². The van der Waals surface area contributed by atoms with Crippen molar-refractivity contribution in [1.29, 1.82) is 5.26 Å². The molecule has 1 aliphatic rings. The van der Waals surface area contributed by atoms with E-state index in [4.69, 9.17) is 5.26 Å². The minimum atomic E-state index is -3.52. The van der Waals surface area contributed by atoms with Gasteiger partial charge in [-0.3, -0.25) is 4.79 Å². The molecule has 5 nitrogen and oxygen atoms in total. The zero-order valence-corrected chi connectivity index (χ0v) is 12.1. The first-order chi connectivity index (χ1) is 9.44. The number of hydrogen-bond acceptors (Lipinski definition) is 4. The Balaban J connectivity index is 2.17. The molecule has 1 heterocycles. The van der Waals surface area contributed by atoms with Gasteiger partial charge in [0.1, 0.15) is 5.75 Å². The Morgan fingerprint density at radius 1 is 1.45 bits per heavy atom. The Labute approximate surface area is 118 Å². The molecule has 1 atom stereocenters. The van der Waals surface area contributed by atoms with Crippen LogP contribution in [0.2, 0.25) is 0 Å². The predicted molar refractivity (Wildman–Crippen MR) is 76.0 cm³/mol. The number of sulfone groups is 1. The number of anilines is 1. The first-order valence-corrected chi connectivity index (χ1v) is 8.24. The SMILES string of the molecule is CC1Cc2ccccc2N1C(=O)CS(=O)(=O)CCC#N. The summed E-state index contributed by atoms with van der Waals surface area (Å²) in [5.74, 6) is -1.22. The van der Waals surface area contributed by atoms with Crippen LogP contribution in [0.25, 0.3) is 0 Å². The number of amides is 1. The third-order valence-electron chi connectivity index (χ3n) is 3.34. The number of hydrogen-bond donors (Lipinski definition) is 0. The largest absolute Gasteiger partial charge is 0.308 e. The van der Waals surface area contributed by atoms with Crippen LogP contribution in [-0.4, -0.2) is 31.9 Å². The summed E-state index contributed by atoms with van der Waals surface area (Å²) in [7, 11) is -3.52. The average Bonchev–Trinajstić information content (AvgIpc) is 2.71. The fraction of sp³-hybridized carbons (Fsp3) is 0.429. The molecule has 0 saturated carbocycles. The maximum absolute atomic E-state index is 12.3. The highest BCUT2D eigenvalue weighted by Crippen LogP contribution is 2.31. The fourth-order valence-corrected chi connectivity index (χ4v) is 3.54. The summed E-state index contributed by atoms with van der Waals surface area (Å²) < 4.78 is 23.6. The number of para-hydroxylation sites is 1. The Hall–Kier alpha value is -1.87. The standard InChI is InChI=1S/C14H16N2O3S/c1-11-9-12-5-2-3-6-13(12)16(11)14(17)10-20(18,19)8-4-7-15/h2-3,5-6,11H,4,8-10H2,1H3. The molecule has 20 heavy (non-hydrogen) atoms. The highest BCUT2D eigenvalue weighted by atomic mass is 32.2. The van der Waals surface area contributed by atoms with E-state index in [0.717, 1.165) is 17.7 Å². The van der Waals surface area contributed by atoms with Crippen LogP contribution in [0.4, 0.5) is 5.69 Å². The van der Waals surface area contributed by atoms with Crippen molar-refractivity contribution in [2.75, 3.05) is 16.4 Å². The van der Waals surface area contributed by atoms with Crippen molar-refractivity contribution in [2.24, 2.45) is 0 Å². The Kier molecular flexibility index (Phi) is 4.09. The molecule has 0 aromatic heterocycles. The molecule has 1 aromatic rings. The molecule has 1 aliphatic heterocycles. The lowest BCUT2D eigenvalue weighted by atomic mass is 10.1. The summed E-state index contributed by atoms with van der Waals surface area (Å²) in [4.78, 5) is 13.8. The van der Waals surface area contributed by atoms with Crippen LogP contribution in [0.3, 0.4) is 0 Å². The highest BCUT2D eigenvalue weighted by Gasteiger charge is 2.32. The van der Waals surface area contributed by atoms with Crippen molar-refractivity contribution in [3.63, 3.8) is 0 Å². The van der Waals surface area contributed by atoms with Crippen LogP contribution in [0.15, 0.2) is 24.3 Å². The molecule has 0 spiro atoms. The third kappa shape index (κ3) is 2.99. The van der Waals surface area contributed by atoms with Gasteiger partial charge in [0.2, 0.25) is 5.91 Å². The molecule has 0 radical (unpaired) electrons. The molecule has 1 aromatic carbocycles. The molecule has 0 aliphatic carbocycles. The van der Waals surface area contributed by atoms with Crippen molar-refractivity contribution >= 4 is 21.4 Å². The molecule has 6 heteroatoms. The second kappa shape index (κ2) is 5.63.